The highest BCUT2D eigenvalue weighted by Crippen LogP contribution is 2.00. The van der Waals surface area contributed by atoms with Gasteiger partial charge in [0.05, 0.1) is 19.3 Å². The molecule has 0 amide bonds. The second-order valence-electron chi connectivity index (χ2n) is 4.49. The van der Waals surface area contributed by atoms with E-state index in [1.54, 1.807) is 13.4 Å². The summed E-state index contributed by atoms with van der Waals surface area (Å²) in [6.45, 7) is 6.57. The second kappa shape index (κ2) is 7.37. The van der Waals surface area contributed by atoms with E-state index < -0.39 is 6.10 Å². The maximum Gasteiger partial charge on any atom is 0.140 e. The van der Waals surface area contributed by atoms with Crippen molar-refractivity contribution in [2.75, 3.05) is 20.3 Å². The summed E-state index contributed by atoms with van der Waals surface area (Å²) in [5, 5.41) is 16.8. The lowest BCUT2D eigenvalue weighted by Gasteiger charge is -2.12. The first-order valence-corrected chi connectivity index (χ1v) is 5.88. The average Bonchev–Trinajstić information content (AvgIpc) is 2.65. The molecule has 0 aliphatic rings. The van der Waals surface area contributed by atoms with Crippen molar-refractivity contribution in [1.82, 2.24) is 20.1 Å². The molecule has 1 rings (SSSR count). The molecule has 1 unspecified atom stereocenters. The van der Waals surface area contributed by atoms with Crippen molar-refractivity contribution in [1.29, 1.82) is 0 Å². The van der Waals surface area contributed by atoms with E-state index in [1.807, 2.05) is 4.68 Å². The molecule has 0 saturated heterocycles. The number of ether oxygens (including phenoxy) is 1. The number of aliphatic hydroxyl groups excluding tert-OH is 1. The van der Waals surface area contributed by atoms with Gasteiger partial charge in [-0.2, -0.15) is 5.10 Å². The molecule has 0 aromatic carbocycles. The van der Waals surface area contributed by atoms with Gasteiger partial charge in [0.2, 0.25) is 0 Å². The molecule has 1 heterocycles. The predicted octanol–water partition coefficient (Wildman–Crippen LogP) is 0.0310. The number of hydrogen-bond donors (Lipinski definition) is 2. The second-order valence-corrected chi connectivity index (χ2v) is 4.49. The highest BCUT2D eigenvalue weighted by Gasteiger charge is 2.07. The molecule has 0 fully saturated rings. The van der Waals surface area contributed by atoms with Crippen LogP contribution in [0.25, 0.3) is 0 Å². The number of methoxy groups -OCH3 is 1. The summed E-state index contributed by atoms with van der Waals surface area (Å²) in [7, 11) is 1.57. The minimum Gasteiger partial charge on any atom is -0.389 e. The third-order valence-electron chi connectivity index (χ3n) is 2.26. The Morgan fingerprint density at radius 1 is 1.53 bits per heavy atom. The normalized spacial score (nSPS) is 13.2. The largest absolute Gasteiger partial charge is 0.389 e. The summed E-state index contributed by atoms with van der Waals surface area (Å²) >= 11 is 0. The van der Waals surface area contributed by atoms with Crippen molar-refractivity contribution in [3.05, 3.63) is 12.2 Å². The highest BCUT2D eigenvalue weighted by atomic mass is 16.5. The first kappa shape index (κ1) is 14.1. The van der Waals surface area contributed by atoms with Crippen molar-refractivity contribution in [3.8, 4) is 0 Å². The average molecular weight is 242 g/mol. The van der Waals surface area contributed by atoms with Crippen molar-refractivity contribution in [2.24, 2.45) is 5.92 Å². The summed E-state index contributed by atoms with van der Waals surface area (Å²) in [5.74, 6) is 1.43. The van der Waals surface area contributed by atoms with Crippen LogP contribution in [-0.2, 0) is 17.8 Å². The molecule has 2 N–H and O–H groups in total. The minimum atomic E-state index is -0.485. The van der Waals surface area contributed by atoms with Gasteiger partial charge in [-0.25, -0.2) is 9.67 Å². The SMILES string of the molecule is COCC(O)CNCc1ncnn1CC(C)C. The van der Waals surface area contributed by atoms with E-state index in [1.165, 1.54) is 0 Å². The van der Waals surface area contributed by atoms with E-state index in [0.717, 1.165) is 12.4 Å². The molecule has 17 heavy (non-hydrogen) atoms. The quantitative estimate of drug-likeness (QED) is 0.673. The Kier molecular flexibility index (Phi) is 6.10. The number of aromatic nitrogens is 3. The van der Waals surface area contributed by atoms with Crippen LogP contribution in [-0.4, -0.2) is 46.2 Å². The van der Waals surface area contributed by atoms with Crippen LogP contribution in [0.5, 0.6) is 0 Å². The van der Waals surface area contributed by atoms with Crippen LogP contribution in [0.2, 0.25) is 0 Å². The van der Waals surface area contributed by atoms with Crippen molar-refractivity contribution in [2.45, 2.75) is 33.0 Å². The summed E-state index contributed by atoms with van der Waals surface area (Å²) in [5.41, 5.74) is 0. The van der Waals surface area contributed by atoms with E-state index >= 15 is 0 Å². The maximum absolute atomic E-state index is 9.46. The Morgan fingerprint density at radius 2 is 2.29 bits per heavy atom. The van der Waals surface area contributed by atoms with Crippen molar-refractivity contribution in [3.63, 3.8) is 0 Å². The summed E-state index contributed by atoms with van der Waals surface area (Å²) in [4.78, 5) is 4.19. The van der Waals surface area contributed by atoms with Crippen LogP contribution < -0.4 is 5.32 Å². The minimum absolute atomic E-state index is 0.339. The fourth-order valence-corrected chi connectivity index (χ4v) is 1.53. The lowest BCUT2D eigenvalue weighted by molar-refractivity contribution is 0.0642. The zero-order valence-electron chi connectivity index (χ0n) is 10.8. The molecule has 6 heteroatoms. The highest BCUT2D eigenvalue weighted by molar-refractivity contribution is 4.84. The smallest absolute Gasteiger partial charge is 0.140 e. The van der Waals surface area contributed by atoms with Crippen LogP contribution in [0.3, 0.4) is 0 Å². The molecule has 1 aromatic heterocycles. The number of nitrogens with zero attached hydrogens (tertiary/aromatic N) is 3. The Morgan fingerprint density at radius 3 is 2.94 bits per heavy atom. The number of rotatable bonds is 8. The number of aliphatic hydroxyl groups is 1. The summed E-state index contributed by atoms with van der Waals surface area (Å²) < 4.78 is 6.73. The van der Waals surface area contributed by atoms with Crippen LogP contribution in [0.1, 0.15) is 19.7 Å². The van der Waals surface area contributed by atoms with E-state index in [9.17, 15) is 5.11 Å². The van der Waals surface area contributed by atoms with Gasteiger partial charge in [0, 0.05) is 20.2 Å². The van der Waals surface area contributed by atoms with E-state index in [4.69, 9.17) is 4.74 Å². The van der Waals surface area contributed by atoms with Gasteiger partial charge >= 0.3 is 0 Å². The van der Waals surface area contributed by atoms with E-state index in [2.05, 4.69) is 29.2 Å². The van der Waals surface area contributed by atoms with Crippen molar-refractivity contribution < 1.29 is 9.84 Å². The van der Waals surface area contributed by atoms with Gasteiger partial charge in [-0.05, 0) is 5.92 Å². The molecule has 98 valence electrons. The molecule has 0 aliphatic carbocycles. The standard InChI is InChI=1S/C11H22N4O2/c1-9(2)6-15-11(13-8-14-15)5-12-4-10(16)7-17-3/h8-10,12,16H,4-7H2,1-3H3. The lowest BCUT2D eigenvalue weighted by atomic mass is 10.2. The molecular weight excluding hydrogens is 220 g/mol. The van der Waals surface area contributed by atoms with Gasteiger partial charge in [-0.1, -0.05) is 13.8 Å². The van der Waals surface area contributed by atoms with Gasteiger partial charge < -0.3 is 15.2 Å². The Labute approximate surface area is 102 Å². The summed E-state index contributed by atoms with van der Waals surface area (Å²) in [6, 6.07) is 0. The molecule has 0 aliphatic heterocycles. The molecule has 0 bridgehead atoms. The van der Waals surface area contributed by atoms with Gasteiger partial charge in [-0.15, -0.1) is 0 Å². The Balaban J connectivity index is 2.33. The Hall–Kier alpha value is -0.980. The van der Waals surface area contributed by atoms with Crippen molar-refractivity contribution >= 4 is 0 Å². The molecular formula is C11H22N4O2. The molecule has 0 saturated carbocycles. The Bertz CT molecular complexity index is 314. The van der Waals surface area contributed by atoms with Crippen LogP contribution in [0.15, 0.2) is 6.33 Å². The maximum atomic E-state index is 9.46. The topological polar surface area (TPSA) is 72.2 Å². The van der Waals surface area contributed by atoms with E-state index in [-0.39, 0.29) is 0 Å². The zero-order chi connectivity index (χ0) is 12.7. The fraction of sp³-hybridized carbons (Fsp3) is 0.818. The molecule has 0 spiro atoms. The molecule has 6 nitrogen and oxygen atoms in total. The molecule has 0 radical (unpaired) electrons. The van der Waals surface area contributed by atoms with Gasteiger partial charge in [0.1, 0.15) is 12.2 Å². The molecule has 1 atom stereocenters. The zero-order valence-corrected chi connectivity index (χ0v) is 10.8. The van der Waals surface area contributed by atoms with Gasteiger partial charge in [0.25, 0.3) is 0 Å². The molecule has 1 aromatic rings. The van der Waals surface area contributed by atoms with E-state index in [0.29, 0.717) is 25.6 Å². The predicted molar refractivity (Wildman–Crippen MR) is 64.4 cm³/mol. The first-order chi connectivity index (χ1) is 8.13. The number of nitrogens with one attached hydrogen (secondary N) is 1. The monoisotopic (exact) mass is 242 g/mol. The van der Waals surface area contributed by atoms with Crippen LogP contribution in [0, 0.1) is 5.92 Å². The summed E-state index contributed by atoms with van der Waals surface area (Å²) in [6.07, 6.45) is 1.08. The third kappa shape index (κ3) is 5.25. The number of hydrogen-bond acceptors (Lipinski definition) is 5. The first-order valence-electron chi connectivity index (χ1n) is 5.88. The third-order valence-corrected chi connectivity index (χ3v) is 2.26. The lowest BCUT2D eigenvalue weighted by Crippen LogP contribution is -2.30. The van der Waals surface area contributed by atoms with Gasteiger partial charge in [0.15, 0.2) is 0 Å². The fourth-order valence-electron chi connectivity index (χ4n) is 1.53. The van der Waals surface area contributed by atoms with Crippen LogP contribution >= 0.6 is 0 Å². The van der Waals surface area contributed by atoms with Crippen LogP contribution in [0.4, 0.5) is 0 Å². The van der Waals surface area contributed by atoms with Gasteiger partial charge in [-0.3, -0.25) is 0 Å².